The smallest absolute Gasteiger partial charge is 0.251 e. The number of carbonyl (C=O) groups is 2. The number of benzene rings is 2. The van der Waals surface area contributed by atoms with Crippen LogP contribution < -0.4 is 5.32 Å². The SMILES string of the molecule is CC(=O)N1C(=S)NC(=O)C1Cn1c(-c2ccccc2)nc2ccccc21. The third-order valence-electron chi connectivity index (χ3n) is 4.44. The second-order valence-electron chi connectivity index (χ2n) is 6.10. The number of nitrogens with one attached hydrogen (secondary N) is 1. The largest absolute Gasteiger partial charge is 0.321 e. The van der Waals surface area contributed by atoms with Crippen LogP contribution in [-0.4, -0.2) is 37.4 Å². The molecule has 1 unspecified atom stereocenters. The monoisotopic (exact) mass is 364 g/mol. The zero-order chi connectivity index (χ0) is 18.3. The lowest BCUT2D eigenvalue weighted by Gasteiger charge is -2.21. The van der Waals surface area contributed by atoms with Gasteiger partial charge in [0.1, 0.15) is 11.9 Å². The summed E-state index contributed by atoms with van der Waals surface area (Å²) >= 11 is 5.14. The molecule has 130 valence electrons. The molecule has 6 nitrogen and oxygen atoms in total. The van der Waals surface area contributed by atoms with Crippen molar-refractivity contribution in [3.8, 4) is 11.4 Å². The minimum absolute atomic E-state index is 0.151. The van der Waals surface area contributed by atoms with Gasteiger partial charge in [0.25, 0.3) is 5.91 Å². The van der Waals surface area contributed by atoms with Crippen LogP contribution >= 0.6 is 12.2 Å². The van der Waals surface area contributed by atoms with Crippen LogP contribution in [0.15, 0.2) is 54.6 Å². The maximum absolute atomic E-state index is 12.4. The van der Waals surface area contributed by atoms with Gasteiger partial charge in [-0.3, -0.25) is 14.5 Å². The fourth-order valence-electron chi connectivity index (χ4n) is 3.28. The second kappa shape index (κ2) is 6.34. The summed E-state index contributed by atoms with van der Waals surface area (Å²) in [4.78, 5) is 30.4. The Morgan fingerprint density at radius 2 is 1.85 bits per heavy atom. The third kappa shape index (κ3) is 2.66. The van der Waals surface area contributed by atoms with E-state index in [1.165, 1.54) is 11.8 Å². The summed E-state index contributed by atoms with van der Waals surface area (Å²) in [6, 6.07) is 16.8. The van der Waals surface area contributed by atoms with E-state index in [4.69, 9.17) is 17.2 Å². The van der Waals surface area contributed by atoms with E-state index in [1.54, 1.807) is 0 Å². The summed E-state index contributed by atoms with van der Waals surface area (Å²) < 4.78 is 1.97. The lowest BCUT2D eigenvalue weighted by Crippen LogP contribution is -2.41. The van der Waals surface area contributed by atoms with Crippen molar-refractivity contribution in [1.29, 1.82) is 0 Å². The molecule has 1 N–H and O–H groups in total. The molecule has 0 bridgehead atoms. The summed E-state index contributed by atoms with van der Waals surface area (Å²) in [5.41, 5.74) is 2.68. The van der Waals surface area contributed by atoms with Gasteiger partial charge in [-0.2, -0.15) is 0 Å². The van der Waals surface area contributed by atoms with E-state index >= 15 is 0 Å². The molecule has 1 aromatic heterocycles. The van der Waals surface area contributed by atoms with Crippen molar-refractivity contribution in [2.24, 2.45) is 0 Å². The van der Waals surface area contributed by atoms with Gasteiger partial charge < -0.3 is 9.88 Å². The van der Waals surface area contributed by atoms with E-state index in [0.29, 0.717) is 0 Å². The highest BCUT2D eigenvalue weighted by Gasteiger charge is 2.39. The average molecular weight is 364 g/mol. The fourth-order valence-corrected chi connectivity index (χ4v) is 3.63. The minimum atomic E-state index is -0.694. The molecule has 1 saturated heterocycles. The first-order valence-electron chi connectivity index (χ1n) is 8.21. The van der Waals surface area contributed by atoms with Crippen LogP contribution in [0.3, 0.4) is 0 Å². The van der Waals surface area contributed by atoms with Crippen LogP contribution in [0.2, 0.25) is 0 Å². The van der Waals surface area contributed by atoms with E-state index in [0.717, 1.165) is 22.4 Å². The molecule has 2 amide bonds. The molecule has 7 heteroatoms. The Morgan fingerprint density at radius 3 is 2.58 bits per heavy atom. The first-order valence-corrected chi connectivity index (χ1v) is 8.62. The highest BCUT2D eigenvalue weighted by atomic mass is 32.1. The van der Waals surface area contributed by atoms with Gasteiger partial charge in [0, 0.05) is 12.5 Å². The van der Waals surface area contributed by atoms with Crippen molar-refractivity contribution in [2.45, 2.75) is 19.5 Å². The summed E-state index contributed by atoms with van der Waals surface area (Å²) in [5.74, 6) is 0.215. The third-order valence-corrected chi connectivity index (χ3v) is 4.74. The Labute approximate surface area is 155 Å². The van der Waals surface area contributed by atoms with Gasteiger partial charge >= 0.3 is 0 Å². The molecule has 1 fully saturated rings. The molecular weight excluding hydrogens is 348 g/mol. The van der Waals surface area contributed by atoms with E-state index in [-0.39, 0.29) is 23.5 Å². The predicted octanol–water partition coefficient (Wildman–Crippen LogP) is 2.34. The maximum Gasteiger partial charge on any atom is 0.251 e. The predicted molar refractivity (Wildman–Crippen MR) is 102 cm³/mol. The van der Waals surface area contributed by atoms with Crippen LogP contribution in [-0.2, 0) is 16.1 Å². The van der Waals surface area contributed by atoms with Gasteiger partial charge in [0.05, 0.1) is 17.6 Å². The number of carbonyl (C=O) groups excluding carboxylic acids is 2. The van der Waals surface area contributed by atoms with E-state index in [2.05, 4.69) is 5.32 Å². The molecular formula is C19H16N4O2S. The van der Waals surface area contributed by atoms with Crippen molar-refractivity contribution >= 4 is 40.2 Å². The number of hydrogen-bond donors (Lipinski definition) is 1. The van der Waals surface area contributed by atoms with Crippen molar-refractivity contribution in [3.63, 3.8) is 0 Å². The average Bonchev–Trinajstić information content (AvgIpc) is 3.13. The molecule has 3 aromatic rings. The molecule has 2 heterocycles. The molecule has 1 aliphatic heterocycles. The number of imidazole rings is 1. The molecule has 4 rings (SSSR count). The molecule has 0 radical (unpaired) electrons. The summed E-state index contributed by atoms with van der Waals surface area (Å²) in [5, 5.41) is 2.73. The topological polar surface area (TPSA) is 67.2 Å². The highest BCUT2D eigenvalue weighted by Crippen LogP contribution is 2.26. The number of rotatable bonds is 3. The summed E-state index contributed by atoms with van der Waals surface area (Å²) in [6.45, 7) is 1.68. The first kappa shape index (κ1) is 16.4. The van der Waals surface area contributed by atoms with Crippen LogP contribution in [0.5, 0.6) is 0 Å². The van der Waals surface area contributed by atoms with E-state index in [1.807, 2.05) is 59.2 Å². The Hall–Kier alpha value is -3.06. The molecule has 1 aliphatic rings. The number of aromatic nitrogens is 2. The number of para-hydroxylation sites is 2. The van der Waals surface area contributed by atoms with Gasteiger partial charge in [-0.05, 0) is 24.4 Å². The van der Waals surface area contributed by atoms with Crippen LogP contribution in [0, 0.1) is 0 Å². The first-order chi connectivity index (χ1) is 12.6. The summed E-state index contributed by atoms with van der Waals surface area (Å²) in [6.07, 6.45) is 0. The second-order valence-corrected chi connectivity index (χ2v) is 6.49. The standard InChI is InChI=1S/C19H16N4O2S/c1-12(24)23-16(18(25)21-19(23)26)11-22-15-10-6-5-9-14(15)20-17(22)13-7-3-2-4-8-13/h2-10,16H,11H2,1H3,(H,21,25,26). The van der Waals surface area contributed by atoms with Crippen LogP contribution in [0.4, 0.5) is 0 Å². The van der Waals surface area contributed by atoms with Gasteiger partial charge in [-0.25, -0.2) is 4.98 Å². The van der Waals surface area contributed by atoms with Gasteiger partial charge in [-0.1, -0.05) is 42.5 Å². The Kier molecular flexibility index (Phi) is 4.00. The molecule has 0 aliphatic carbocycles. The van der Waals surface area contributed by atoms with Crippen molar-refractivity contribution < 1.29 is 9.59 Å². The zero-order valence-corrected chi connectivity index (χ0v) is 14.9. The Morgan fingerprint density at radius 1 is 1.15 bits per heavy atom. The maximum atomic E-state index is 12.4. The van der Waals surface area contributed by atoms with E-state index < -0.39 is 6.04 Å². The number of fused-ring (bicyclic) bond motifs is 1. The van der Waals surface area contributed by atoms with Gasteiger partial charge in [0.15, 0.2) is 5.11 Å². The van der Waals surface area contributed by atoms with Crippen LogP contribution in [0.1, 0.15) is 6.92 Å². The molecule has 0 spiro atoms. The molecule has 26 heavy (non-hydrogen) atoms. The number of thiocarbonyl (C=S) groups is 1. The molecule has 1 atom stereocenters. The lowest BCUT2D eigenvalue weighted by molar-refractivity contribution is -0.131. The Balaban J connectivity index is 1.84. The van der Waals surface area contributed by atoms with E-state index in [9.17, 15) is 9.59 Å². The van der Waals surface area contributed by atoms with Gasteiger partial charge in [-0.15, -0.1) is 0 Å². The number of amides is 2. The fraction of sp³-hybridized carbons (Fsp3) is 0.158. The zero-order valence-electron chi connectivity index (χ0n) is 14.0. The number of nitrogens with zero attached hydrogens (tertiary/aromatic N) is 3. The minimum Gasteiger partial charge on any atom is -0.321 e. The summed E-state index contributed by atoms with van der Waals surface area (Å²) in [7, 11) is 0. The highest BCUT2D eigenvalue weighted by molar-refractivity contribution is 7.80. The molecule has 2 aromatic carbocycles. The number of hydrogen-bond acceptors (Lipinski definition) is 4. The molecule has 0 saturated carbocycles. The quantitative estimate of drug-likeness (QED) is 0.725. The van der Waals surface area contributed by atoms with Gasteiger partial charge in [0.2, 0.25) is 5.91 Å². The van der Waals surface area contributed by atoms with Crippen molar-refractivity contribution in [2.75, 3.05) is 0 Å². The normalized spacial score (nSPS) is 17.0. The Bertz CT molecular complexity index is 1030. The van der Waals surface area contributed by atoms with Crippen molar-refractivity contribution in [1.82, 2.24) is 19.8 Å². The van der Waals surface area contributed by atoms with Crippen LogP contribution in [0.25, 0.3) is 22.4 Å². The van der Waals surface area contributed by atoms with Crippen molar-refractivity contribution in [3.05, 3.63) is 54.6 Å². The lowest BCUT2D eigenvalue weighted by atomic mass is 10.2.